The van der Waals surface area contributed by atoms with E-state index < -0.39 is 5.56 Å². The number of H-pyrrole nitrogens is 1. The number of aromatic nitrogens is 2. The Hall–Kier alpha value is -3.24. The fraction of sp³-hybridized carbons (Fsp3) is 0.0588. The number of thiophene rings is 1. The summed E-state index contributed by atoms with van der Waals surface area (Å²) in [5, 5.41) is 13.6. The van der Waals surface area contributed by atoms with Gasteiger partial charge >= 0.3 is 0 Å². The maximum Gasteiger partial charge on any atom is 0.270 e. The molecule has 0 saturated heterocycles. The molecule has 0 fully saturated rings. The molecule has 0 aliphatic rings. The molecule has 0 aliphatic heterocycles. The number of carbonyl (C=O) groups is 1. The van der Waals surface area contributed by atoms with Crippen LogP contribution in [-0.4, -0.2) is 15.9 Å². The zero-order chi connectivity index (χ0) is 17.1. The summed E-state index contributed by atoms with van der Waals surface area (Å²) in [4.78, 5) is 31.7. The lowest BCUT2D eigenvalue weighted by Gasteiger charge is -2.07. The summed E-state index contributed by atoms with van der Waals surface area (Å²) in [6, 6.07) is 12.5. The molecule has 0 radical (unpaired) electrons. The third kappa shape index (κ3) is 3.09. The Morgan fingerprint density at radius 1 is 1.33 bits per heavy atom. The number of nitrogens with zero attached hydrogens (tertiary/aromatic N) is 2. The van der Waals surface area contributed by atoms with Crippen LogP contribution < -0.4 is 10.9 Å². The first-order valence-electron chi connectivity index (χ1n) is 7.05. The molecular formula is C17H12N4O2S. The van der Waals surface area contributed by atoms with Crippen LogP contribution in [0.4, 0.5) is 5.95 Å². The molecule has 1 amide bonds. The number of hydrogen-bond donors (Lipinski definition) is 2. The molecule has 0 bridgehead atoms. The molecular weight excluding hydrogens is 324 g/mol. The minimum absolute atomic E-state index is 0.00825. The second kappa shape index (κ2) is 6.48. The number of aryl methyl sites for hydroxylation is 1. The lowest BCUT2D eigenvalue weighted by atomic mass is 10.1. The number of carbonyl (C=O) groups excluding carboxylic acids is 1. The predicted octanol–water partition coefficient (Wildman–Crippen LogP) is 2.93. The third-order valence-electron chi connectivity index (χ3n) is 3.30. The van der Waals surface area contributed by atoms with Crippen molar-refractivity contribution in [3.8, 4) is 16.6 Å². The van der Waals surface area contributed by atoms with E-state index in [4.69, 9.17) is 0 Å². The van der Waals surface area contributed by atoms with Gasteiger partial charge in [0.05, 0.1) is 4.88 Å². The van der Waals surface area contributed by atoms with Crippen LogP contribution in [-0.2, 0) is 0 Å². The van der Waals surface area contributed by atoms with Gasteiger partial charge in [-0.2, -0.15) is 5.26 Å². The van der Waals surface area contributed by atoms with Gasteiger partial charge in [0.2, 0.25) is 5.95 Å². The molecule has 0 spiro atoms. The van der Waals surface area contributed by atoms with Gasteiger partial charge in [-0.25, -0.2) is 4.98 Å². The molecule has 7 heteroatoms. The summed E-state index contributed by atoms with van der Waals surface area (Å²) in [5.41, 5.74) is 1.00. The van der Waals surface area contributed by atoms with Crippen molar-refractivity contribution >= 4 is 23.2 Å². The zero-order valence-corrected chi connectivity index (χ0v) is 13.5. The van der Waals surface area contributed by atoms with Crippen LogP contribution >= 0.6 is 11.3 Å². The number of aromatic amines is 1. The lowest BCUT2D eigenvalue weighted by Crippen LogP contribution is -2.20. The number of nitrogens with one attached hydrogen (secondary N) is 2. The molecule has 1 aromatic carbocycles. The topological polar surface area (TPSA) is 98.6 Å². The van der Waals surface area contributed by atoms with Gasteiger partial charge in [-0.05, 0) is 30.5 Å². The first-order valence-corrected chi connectivity index (χ1v) is 7.93. The Kier molecular flexibility index (Phi) is 4.22. The monoisotopic (exact) mass is 336 g/mol. The number of rotatable bonds is 3. The average Bonchev–Trinajstić information content (AvgIpc) is 3.08. The van der Waals surface area contributed by atoms with E-state index in [0.717, 1.165) is 5.56 Å². The maximum absolute atomic E-state index is 12.3. The van der Waals surface area contributed by atoms with Gasteiger partial charge in [0.25, 0.3) is 11.5 Å². The van der Waals surface area contributed by atoms with Crippen LogP contribution in [0.25, 0.3) is 10.6 Å². The first-order chi connectivity index (χ1) is 11.6. The number of amides is 1. The van der Waals surface area contributed by atoms with Crippen LogP contribution in [0.3, 0.4) is 0 Å². The molecule has 0 saturated carbocycles. The van der Waals surface area contributed by atoms with Gasteiger partial charge in [-0.15, -0.1) is 11.3 Å². The Morgan fingerprint density at radius 3 is 2.83 bits per heavy atom. The highest BCUT2D eigenvalue weighted by Gasteiger charge is 2.15. The van der Waals surface area contributed by atoms with Crippen molar-refractivity contribution < 1.29 is 4.79 Å². The molecule has 3 aromatic rings. The molecule has 2 aromatic heterocycles. The minimum Gasteiger partial charge on any atom is -0.292 e. The molecule has 0 atom stereocenters. The fourth-order valence-corrected chi connectivity index (χ4v) is 2.91. The molecule has 118 valence electrons. The molecule has 2 heterocycles. The Bertz CT molecular complexity index is 1000. The summed E-state index contributed by atoms with van der Waals surface area (Å²) >= 11 is 1.36. The molecule has 24 heavy (non-hydrogen) atoms. The Labute approximate surface area is 141 Å². The van der Waals surface area contributed by atoms with Gasteiger partial charge in [0.15, 0.2) is 0 Å². The summed E-state index contributed by atoms with van der Waals surface area (Å²) in [7, 11) is 0. The van der Waals surface area contributed by atoms with Crippen LogP contribution in [0.1, 0.15) is 21.5 Å². The normalized spacial score (nSPS) is 10.2. The summed E-state index contributed by atoms with van der Waals surface area (Å²) in [5.74, 6) is -0.377. The van der Waals surface area contributed by atoms with E-state index in [1.54, 1.807) is 30.3 Å². The summed E-state index contributed by atoms with van der Waals surface area (Å²) in [6.45, 7) is 1.88. The van der Waals surface area contributed by atoms with Crippen molar-refractivity contribution in [2.45, 2.75) is 6.92 Å². The highest BCUT2D eigenvalue weighted by atomic mass is 32.1. The van der Waals surface area contributed by atoms with Crippen molar-refractivity contribution in [1.82, 2.24) is 9.97 Å². The van der Waals surface area contributed by atoms with Gasteiger partial charge in [-0.3, -0.25) is 19.9 Å². The van der Waals surface area contributed by atoms with Gasteiger partial charge in [-0.1, -0.05) is 23.8 Å². The van der Waals surface area contributed by atoms with Crippen molar-refractivity contribution in [2.24, 2.45) is 0 Å². The van der Waals surface area contributed by atoms with Crippen LogP contribution in [0.5, 0.6) is 0 Å². The van der Waals surface area contributed by atoms with E-state index in [1.165, 1.54) is 11.3 Å². The van der Waals surface area contributed by atoms with Crippen molar-refractivity contribution in [2.75, 3.05) is 5.32 Å². The average molecular weight is 336 g/mol. The second-order valence-electron chi connectivity index (χ2n) is 5.05. The van der Waals surface area contributed by atoms with E-state index in [1.807, 2.05) is 24.4 Å². The molecule has 6 nitrogen and oxygen atoms in total. The fourth-order valence-electron chi connectivity index (χ4n) is 2.19. The van der Waals surface area contributed by atoms with Crippen molar-refractivity contribution in [3.63, 3.8) is 0 Å². The van der Waals surface area contributed by atoms with Gasteiger partial charge in [0, 0.05) is 5.56 Å². The highest BCUT2D eigenvalue weighted by Crippen LogP contribution is 2.24. The third-order valence-corrected chi connectivity index (χ3v) is 4.17. The van der Waals surface area contributed by atoms with Crippen LogP contribution in [0.2, 0.25) is 0 Å². The van der Waals surface area contributed by atoms with E-state index in [0.29, 0.717) is 10.4 Å². The molecule has 2 N–H and O–H groups in total. The predicted molar refractivity (Wildman–Crippen MR) is 92.0 cm³/mol. The summed E-state index contributed by atoms with van der Waals surface area (Å²) in [6.07, 6.45) is 0. The number of nitriles is 1. The number of hydrogen-bond acceptors (Lipinski definition) is 5. The van der Waals surface area contributed by atoms with Crippen molar-refractivity contribution in [1.29, 1.82) is 5.26 Å². The van der Waals surface area contributed by atoms with E-state index in [2.05, 4.69) is 15.3 Å². The second-order valence-corrected chi connectivity index (χ2v) is 6.00. The van der Waals surface area contributed by atoms with Crippen molar-refractivity contribution in [3.05, 3.63) is 68.8 Å². The lowest BCUT2D eigenvalue weighted by molar-refractivity contribution is 0.102. The largest absolute Gasteiger partial charge is 0.292 e. The SMILES string of the molecule is Cc1cccc(C(=O)Nc2nc(-c3cccs3)c(C#N)c(=O)[nH]2)c1. The molecule has 0 aliphatic carbocycles. The smallest absolute Gasteiger partial charge is 0.270 e. The summed E-state index contributed by atoms with van der Waals surface area (Å²) < 4.78 is 0. The zero-order valence-electron chi connectivity index (χ0n) is 12.7. The minimum atomic E-state index is -0.588. The molecule has 3 rings (SSSR count). The van der Waals surface area contributed by atoms with Crippen LogP contribution in [0, 0.1) is 18.3 Å². The quantitative estimate of drug-likeness (QED) is 0.768. The Balaban J connectivity index is 1.99. The Morgan fingerprint density at radius 2 is 2.17 bits per heavy atom. The van der Waals surface area contributed by atoms with E-state index >= 15 is 0 Å². The first kappa shape index (κ1) is 15.6. The maximum atomic E-state index is 12.3. The van der Waals surface area contributed by atoms with Gasteiger partial charge < -0.3 is 0 Å². The van der Waals surface area contributed by atoms with E-state index in [9.17, 15) is 14.9 Å². The standard InChI is InChI=1S/C17H12N4O2S/c1-10-4-2-5-11(8-10)15(22)20-17-19-14(13-6-3-7-24-13)12(9-18)16(23)21-17/h2-8H,1H3,(H2,19,20,21,22,23). The van der Waals surface area contributed by atoms with E-state index in [-0.39, 0.29) is 23.1 Å². The molecule has 0 unspecified atom stereocenters. The van der Waals surface area contributed by atoms with Gasteiger partial charge in [0.1, 0.15) is 17.3 Å². The number of benzene rings is 1. The number of anilines is 1. The van der Waals surface area contributed by atoms with Crippen LogP contribution in [0.15, 0.2) is 46.6 Å². The highest BCUT2D eigenvalue weighted by molar-refractivity contribution is 7.13.